The number of esters is 1. The number of carbonyl (C=O) groups is 1. The molecule has 0 N–H and O–H groups in total. The van der Waals surface area contributed by atoms with Crippen molar-refractivity contribution in [1.82, 2.24) is 9.55 Å². The molecule has 0 bridgehead atoms. The molecule has 2 heterocycles. The maximum atomic E-state index is 11.6. The van der Waals surface area contributed by atoms with Crippen molar-refractivity contribution in [2.75, 3.05) is 6.61 Å². The van der Waals surface area contributed by atoms with E-state index in [1.54, 1.807) is 19.3 Å². The average molecular weight is 204 g/mol. The van der Waals surface area contributed by atoms with Crippen molar-refractivity contribution < 1.29 is 9.53 Å². The van der Waals surface area contributed by atoms with Crippen molar-refractivity contribution in [3.63, 3.8) is 0 Å². The number of aryl methyl sites for hydroxylation is 1. The van der Waals surface area contributed by atoms with E-state index in [9.17, 15) is 4.79 Å². The lowest BCUT2D eigenvalue weighted by molar-refractivity contribution is 0.0528. The minimum absolute atomic E-state index is 0.318. The maximum absolute atomic E-state index is 11.6. The van der Waals surface area contributed by atoms with E-state index in [0.29, 0.717) is 12.2 Å². The van der Waals surface area contributed by atoms with E-state index in [1.807, 2.05) is 23.9 Å². The Morgan fingerprint density at radius 3 is 3.07 bits per heavy atom. The van der Waals surface area contributed by atoms with Gasteiger partial charge in [-0.3, -0.25) is 4.98 Å². The Hall–Kier alpha value is -1.84. The zero-order valence-corrected chi connectivity index (χ0v) is 8.73. The number of hydrogen-bond donors (Lipinski definition) is 0. The van der Waals surface area contributed by atoms with Gasteiger partial charge < -0.3 is 9.30 Å². The van der Waals surface area contributed by atoms with Crippen LogP contribution in [0, 0.1) is 0 Å². The molecular formula is C11H12N2O2. The molecule has 0 spiro atoms. The molecule has 0 fully saturated rings. The molecular weight excluding hydrogens is 192 g/mol. The Labute approximate surface area is 87.5 Å². The standard InChI is InChI=1S/C11H12N2O2/c1-3-15-11(14)9-6-12-7-10-8(9)4-5-13(10)2/h4-7H,3H2,1-2H3. The van der Waals surface area contributed by atoms with Crippen LogP contribution in [-0.4, -0.2) is 22.1 Å². The fraction of sp³-hybridized carbons (Fsp3) is 0.273. The van der Waals surface area contributed by atoms with Gasteiger partial charge in [0, 0.05) is 24.8 Å². The molecule has 0 aliphatic heterocycles. The number of nitrogens with zero attached hydrogens (tertiary/aromatic N) is 2. The summed E-state index contributed by atoms with van der Waals surface area (Å²) in [6, 6.07) is 1.89. The van der Waals surface area contributed by atoms with Gasteiger partial charge in [-0.15, -0.1) is 0 Å². The second-order valence-electron chi connectivity index (χ2n) is 3.27. The third-order valence-corrected chi connectivity index (χ3v) is 2.31. The zero-order valence-electron chi connectivity index (χ0n) is 8.73. The SMILES string of the molecule is CCOC(=O)c1cncc2c1ccn2C. The predicted octanol–water partition coefficient (Wildman–Crippen LogP) is 1.75. The molecule has 2 aromatic heterocycles. The van der Waals surface area contributed by atoms with Crippen molar-refractivity contribution in [3.05, 3.63) is 30.2 Å². The van der Waals surface area contributed by atoms with Crippen molar-refractivity contribution in [2.45, 2.75) is 6.92 Å². The van der Waals surface area contributed by atoms with Gasteiger partial charge in [0.05, 0.1) is 23.9 Å². The number of aromatic nitrogens is 2. The van der Waals surface area contributed by atoms with Crippen LogP contribution in [0.5, 0.6) is 0 Å². The normalized spacial score (nSPS) is 10.5. The topological polar surface area (TPSA) is 44.1 Å². The number of rotatable bonds is 2. The highest BCUT2D eigenvalue weighted by Crippen LogP contribution is 2.18. The summed E-state index contributed by atoms with van der Waals surface area (Å²) in [5, 5.41) is 0.881. The van der Waals surface area contributed by atoms with Crippen LogP contribution >= 0.6 is 0 Å². The first-order chi connectivity index (χ1) is 7.24. The molecule has 0 amide bonds. The van der Waals surface area contributed by atoms with E-state index in [2.05, 4.69) is 4.98 Å². The maximum Gasteiger partial charge on any atom is 0.340 e. The summed E-state index contributed by atoms with van der Waals surface area (Å²) in [5.74, 6) is -0.318. The third-order valence-electron chi connectivity index (χ3n) is 2.31. The highest BCUT2D eigenvalue weighted by molar-refractivity contribution is 6.03. The molecule has 4 nitrogen and oxygen atoms in total. The average Bonchev–Trinajstić information content (AvgIpc) is 2.61. The van der Waals surface area contributed by atoms with Gasteiger partial charge in [-0.2, -0.15) is 0 Å². The Balaban J connectivity index is 2.56. The number of carbonyl (C=O) groups excluding carboxylic acids is 1. The van der Waals surface area contributed by atoms with E-state index in [-0.39, 0.29) is 5.97 Å². The molecule has 15 heavy (non-hydrogen) atoms. The van der Waals surface area contributed by atoms with E-state index in [4.69, 9.17) is 4.74 Å². The van der Waals surface area contributed by atoms with E-state index >= 15 is 0 Å². The molecule has 0 aliphatic carbocycles. The van der Waals surface area contributed by atoms with Crippen molar-refractivity contribution in [1.29, 1.82) is 0 Å². The van der Waals surface area contributed by atoms with E-state index < -0.39 is 0 Å². The molecule has 0 unspecified atom stereocenters. The first-order valence-electron chi connectivity index (χ1n) is 4.80. The smallest absolute Gasteiger partial charge is 0.340 e. The number of pyridine rings is 1. The summed E-state index contributed by atoms with van der Waals surface area (Å²) in [4.78, 5) is 15.6. The number of fused-ring (bicyclic) bond motifs is 1. The highest BCUT2D eigenvalue weighted by atomic mass is 16.5. The Kier molecular flexibility index (Phi) is 2.41. The lowest BCUT2D eigenvalue weighted by Crippen LogP contribution is -2.05. The Bertz CT molecular complexity index is 502. The first-order valence-corrected chi connectivity index (χ1v) is 4.80. The molecule has 0 saturated carbocycles. The van der Waals surface area contributed by atoms with Gasteiger partial charge in [0.15, 0.2) is 0 Å². The van der Waals surface area contributed by atoms with E-state index in [0.717, 1.165) is 10.9 Å². The van der Waals surface area contributed by atoms with Crippen molar-refractivity contribution >= 4 is 16.9 Å². The van der Waals surface area contributed by atoms with Gasteiger partial charge >= 0.3 is 5.97 Å². The number of hydrogen-bond acceptors (Lipinski definition) is 3. The summed E-state index contributed by atoms with van der Waals surface area (Å²) in [7, 11) is 1.92. The van der Waals surface area contributed by atoms with Crippen molar-refractivity contribution in [3.8, 4) is 0 Å². The summed E-state index contributed by atoms with van der Waals surface area (Å²) >= 11 is 0. The van der Waals surface area contributed by atoms with Crippen LogP contribution in [-0.2, 0) is 11.8 Å². The lowest BCUT2D eigenvalue weighted by Gasteiger charge is -2.02. The van der Waals surface area contributed by atoms with Gasteiger partial charge in [-0.25, -0.2) is 4.79 Å². The van der Waals surface area contributed by atoms with Crippen LogP contribution in [0.15, 0.2) is 24.7 Å². The lowest BCUT2D eigenvalue weighted by atomic mass is 10.2. The van der Waals surface area contributed by atoms with Crippen LogP contribution in [0.25, 0.3) is 10.9 Å². The molecule has 2 rings (SSSR count). The van der Waals surface area contributed by atoms with Crippen molar-refractivity contribution in [2.24, 2.45) is 7.05 Å². The van der Waals surface area contributed by atoms with Gasteiger partial charge in [0.2, 0.25) is 0 Å². The molecule has 0 saturated heterocycles. The molecule has 0 atom stereocenters. The minimum atomic E-state index is -0.318. The monoisotopic (exact) mass is 204 g/mol. The second-order valence-corrected chi connectivity index (χ2v) is 3.27. The van der Waals surface area contributed by atoms with Crippen LogP contribution in [0.1, 0.15) is 17.3 Å². The number of ether oxygens (including phenoxy) is 1. The molecule has 4 heteroatoms. The molecule has 0 aromatic carbocycles. The van der Waals surface area contributed by atoms with Crippen LogP contribution in [0.2, 0.25) is 0 Å². The largest absolute Gasteiger partial charge is 0.462 e. The predicted molar refractivity (Wildman–Crippen MR) is 56.7 cm³/mol. The first kappa shape index (κ1) is 9.71. The fourth-order valence-electron chi connectivity index (χ4n) is 1.55. The zero-order chi connectivity index (χ0) is 10.8. The van der Waals surface area contributed by atoms with Gasteiger partial charge in [0.25, 0.3) is 0 Å². The Morgan fingerprint density at radius 1 is 1.53 bits per heavy atom. The van der Waals surface area contributed by atoms with Gasteiger partial charge in [-0.05, 0) is 13.0 Å². The molecule has 0 aliphatic rings. The van der Waals surface area contributed by atoms with Gasteiger partial charge in [0.1, 0.15) is 0 Å². The Morgan fingerprint density at radius 2 is 2.33 bits per heavy atom. The summed E-state index contributed by atoms with van der Waals surface area (Å²) in [6.07, 6.45) is 5.17. The minimum Gasteiger partial charge on any atom is -0.462 e. The summed E-state index contributed by atoms with van der Waals surface area (Å²) in [6.45, 7) is 2.17. The highest BCUT2D eigenvalue weighted by Gasteiger charge is 2.12. The molecule has 2 aromatic rings. The molecule has 0 radical (unpaired) electrons. The van der Waals surface area contributed by atoms with Gasteiger partial charge in [-0.1, -0.05) is 0 Å². The van der Waals surface area contributed by atoms with Crippen LogP contribution in [0.4, 0.5) is 0 Å². The third kappa shape index (κ3) is 1.58. The molecule has 78 valence electrons. The van der Waals surface area contributed by atoms with Crippen LogP contribution in [0.3, 0.4) is 0 Å². The quantitative estimate of drug-likeness (QED) is 0.700. The van der Waals surface area contributed by atoms with Crippen LogP contribution < -0.4 is 0 Å². The summed E-state index contributed by atoms with van der Waals surface area (Å²) in [5.41, 5.74) is 1.45. The fourth-order valence-corrected chi connectivity index (χ4v) is 1.55. The second kappa shape index (κ2) is 3.73. The summed E-state index contributed by atoms with van der Waals surface area (Å²) < 4.78 is 6.88. The van der Waals surface area contributed by atoms with E-state index in [1.165, 1.54) is 0 Å².